The van der Waals surface area contributed by atoms with E-state index in [1.54, 1.807) is 0 Å². The molecule has 66 heavy (non-hydrogen) atoms. The molecule has 0 saturated heterocycles. The van der Waals surface area contributed by atoms with Crippen molar-refractivity contribution in [3.63, 3.8) is 0 Å². The molecule has 13 rings (SSSR count). The second-order valence-corrected chi connectivity index (χ2v) is 17.4. The molecule has 12 aromatic rings. The fourth-order valence-corrected chi connectivity index (χ4v) is 11.1. The molecule has 0 atom stereocenters. The highest BCUT2D eigenvalue weighted by molar-refractivity contribution is 6.13. The molecule has 1 aliphatic rings. The second kappa shape index (κ2) is 15.0. The number of hydrogen-bond acceptors (Lipinski definition) is 1. The van der Waals surface area contributed by atoms with E-state index in [0.29, 0.717) is 0 Å². The summed E-state index contributed by atoms with van der Waals surface area (Å²) >= 11 is 0. The molecule has 0 aliphatic heterocycles. The van der Waals surface area contributed by atoms with E-state index in [9.17, 15) is 4.39 Å². The van der Waals surface area contributed by atoms with Crippen molar-refractivity contribution in [3.05, 3.63) is 277 Å². The number of aromatic nitrogens is 1. The van der Waals surface area contributed by atoms with Gasteiger partial charge in [0.1, 0.15) is 5.82 Å². The highest BCUT2D eigenvalue weighted by atomic mass is 19.1. The van der Waals surface area contributed by atoms with Gasteiger partial charge in [0.15, 0.2) is 0 Å². The Bertz CT molecular complexity index is 3790. The van der Waals surface area contributed by atoms with Crippen molar-refractivity contribution in [2.24, 2.45) is 0 Å². The van der Waals surface area contributed by atoms with Crippen LogP contribution in [-0.4, -0.2) is 4.57 Å². The summed E-state index contributed by atoms with van der Waals surface area (Å²) in [5.74, 6) is -0.261. The SMILES string of the molecule is Fc1ccc(N(c2ccc3ccccc3c2)c2ccc(-c3ccc4c(c3)c3ccccc3n4-c3ccc4c(c3)C(c3ccccc3)(c3ccccc3)c3ccccc3-4)c3ccccc23)cc1. The summed E-state index contributed by atoms with van der Waals surface area (Å²) in [6, 6.07) is 88.7. The molecule has 2 nitrogen and oxygen atoms in total. The average Bonchev–Trinajstić information content (AvgIpc) is 3.87. The van der Waals surface area contributed by atoms with E-state index in [1.807, 2.05) is 12.1 Å². The third kappa shape index (κ3) is 5.73. The topological polar surface area (TPSA) is 8.17 Å². The Labute approximate surface area is 382 Å². The normalized spacial score (nSPS) is 12.7. The minimum absolute atomic E-state index is 0.261. The molecule has 0 amide bonds. The van der Waals surface area contributed by atoms with Gasteiger partial charge in [0.25, 0.3) is 0 Å². The Morgan fingerprint density at radius 2 is 0.970 bits per heavy atom. The first-order chi connectivity index (χ1) is 32.6. The van der Waals surface area contributed by atoms with Crippen LogP contribution in [0, 0.1) is 5.82 Å². The molecule has 3 heteroatoms. The van der Waals surface area contributed by atoms with Gasteiger partial charge in [-0.1, -0.05) is 176 Å². The van der Waals surface area contributed by atoms with Crippen molar-refractivity contribution in [2.75, 3.05) is 4.90 Å². The maximum Gasteiger partial charge on any atom is 0.123 e. The zero-order valence-corrected chi connectivity index (χ0v) is 35.9. The third-order valence-electron chi connectivity index (χ3n) is 13.9. The van der Waals surface area contributed by atoms with Crippen LogP contribution in [0.4, 0.5) is 21.5 Å². The van der Waals surface area contributed by atoms with Crippen LogP contribution in [0.25, 0.3) is 71.3 Å². The molecular formula is C63H41FN2. The van der Waals surface area contributed by atoms with E-state index in [4.69, 9.17) is 0 Å². The molecule has 0 fully saturated rings. The number of nitrogens with zero attached hydrogens (tertiary/aromatic N) is 2. The van der Waals surface area contributed by atoms with Gasteiger partial charge in [-0.2, -0.15) is 0 Å². The van der Waals surface area contributed by atoms with Gasteiger partial charge in [-0.3, -0.25) is 0 Å². The monoisotopic (exact) mass is 844 g/mol. The van der Waals surface area contributed by atoms with Crippen molar-refractivity contribution in [1.82, 2.24) is 4.57 Å². The third-order valence-corrected chi connectivity index (χ3v) is 13.9. The van der Waals surface area contributed by atoms with Crippen LogP contribution in [0.5, 0.6) is 0 Å². The van der Waals surface area contributed by atoms with Crippen molar-refractivity contribution in [3.8, 4) is 27.9 Å². The van der Waals surface area contributed by atoms with Gasteiger partial charge in [0.05, 0.1) is 22.1 Å². The van der Waals surface area contributed by atoms with Gasteiger partial charge in [-0.25, -0.2) is 4.39 Å². The van der Waals surface area contributed by atoms with E-state index in [2.05, 4.69) is 234 Å². The van der Waals surface area contributed by atoms with Crippen molar-refractivity contribution < 1.29 is 4.39 Å². The van der Waals surface area contributed by atoms with E-state index < -0.39 is 5.41 Å². The predicted molar refractivity (Wildman–Crippen MR) is 273 cm³/mol. The largest absolute Gasteiger partial charge is 0.310 e. The molecule has 1 aliphatic carbocycles. The van der Waals surface area contributed by atoms with Crippen LogP contribution in [-0.2, 0) is 5.41 Å². The van der Waals surface area contributed by atoms with Crippen molar-refractivity contribution in [1.29, 1.82) is 0 Å². The Morgan fingerprint density at radius 3 is 1.76 bits per heavy atom. The van der Waals surface area contributed by atoms with Crippen LogP contribution < -0.4 is 4.90 Å². The number of para-hydroxylation sites is 1. The first-order valence-electron chi connectivity index (χ1n) is 22.6. The van der Waals surface area contributed by atoms with Gasteiger partial charge in [-0.15, -0.1) is 0 Å². The molecule has 0 radical (unpaired) electrons. The highest BCUT2D eigenvalue weighted by Gasteiger charge is 2.46. The lowest BCUT2D eigenvalue weighted by atomic mass is 9.67. The molecular weight excluding hydrogens is 804 g/mol. The summed E-state index contributed by atoms with van der Waals surface area (Å²) in [6.45, 7) is 0. The fourth-order valence-electron chi connectivity index (χ4n) is 11.1. The predicted octanol–water partition coefficient (Wildman–Crippen LogP) is 16.7. The molecule has 0 saturated carbocycles. The number of anilines is 3. The van der Waals surface area contributed by atoms with Crippen LogP contribution >= 0.6 is 0 Å². The first-order valence-corrected chi connectivity index (χ1v) is 22.6. The second-order valence-electron chi connectivity index (χ2n) is 17.4. The molecule has 0 N–H and O–H groups in total. The summed E-state index contributed by atoms with van der Waals surface area (Å²) < 4.78 is 16.9. The van der Waals surface area contributed by atoms with Crippen LogP contribution in [0.1, 0.15) is 22.3 Å². The summed E-state index contributed by atoms with van der Waals surface area (Å²) in [5, 5.41) is 6.97. The Hall–Kier alpha value is -8.53. The van der Waals surface area contributed by atoms with E-state index in [-0.39, 0.29) is 5.82 Å². The fraction of sp³-hybridized carbons (Fsp3) is 0.0159. The number of rotatable bonds is 7. The minimum Gasteiger partial charge on any atom is -0.310 e. The maximum absolute atomic E-state index is 14.4. The summed E-state index contributed by atoms with van der Waals surface area (Å²) in [5.41, 5.74) is 15.8. The lowest BCUT2D eigenvalue weighted by Gasteiger charge is -2.34. The first kappa shape index (κ1) is 38.0. The molecule has 1 heterocycles. The summed E-state index contributed by atoms with van der Waals surface area (Å²) in [6.07, 6.45) is 0. The molecule has 0 unspecified atom stereocenters. The lowest BCUT2D eigenvalue weighted by Crippen LogP contribution is -2.28. The van der Waals surface area contributed by atoms with Crippen LogP contribution in [0.3, 0.4) is 0 Å². The van der Waals surface area contributed by atoms with E-state index >= 15 is 0 Å². The van der Waals surface area contributed by atoms with Gasteiger partial charge < -0.3 is 9.47 Å². The molecule has 0 bridgehead atoms. The molecule has 0 spiro atoms. The van der Waals surface area contributed by atoms with Gasteiger partial charge in [0.2, 0.25) is 0 Å². The number of fused-ring (bicyclic) bond motifs is 8. The summed E-state index contributed by atoms with van der Waals surface area (Å²) in [4.78, 5) is 2.24. The van der Waals surface area contributed by atoms with Crippen LogP contribution in [0.2, 0.25) is 0 Å². The maximum atomic E-state index is 14.4. The Kier molecular flexibility index (Phi) is 8.66. The van der Waals surface area contributed by atoms with E-state index in [0.717, 1.165) is 61.1 Å². The molecule has 1 aromatic heterocycles. The Balaban J connectivity index is 0.987. The standard InChI is InChI=1S/C63H41FN2/c64-47-29-32-48(33-30-47)65(49-31-27-42-15-7-8-16-43(42)39-49)61-38-36-51(52-21-9-10-23-55(52)61)44-28-37-62-57(40-44)56-24-12-14-26-60(56)66(62)50-34-35-54-53-22-11-13-25-58(53)63(59(54)41-50,45-17-3-1-4-18-45)46-19-5-2-6-20-46/h1-41H. The smallest absolute Gasteiger partial charge is 0.123 e. The quantitative estimate of drug-likeness (QED) is 0.155. The zero-order chi connectivity index (χ0) is 43.8. The highest BCUT2D eigenvalue weighted by Crippen LogP contribution is 2.56. The summed E-state index contributed by atoms with van der Waals surface area (Å²) in [7, 11) is 0. The minimum atomic E-state index is -0.496. The average molecular weight is 845 g/mol. The number of benzene rings is 11. The molecule has 11 aromatic carbocycles. The Morgan fingerprint density at radius 1 is 0.364 bits per heavy atom. The zero-order valence-electron chi connectivity index (χ0n) is 35.9. The van der Waals surface area contributed by atoms with Gasteiger partial charge >= 0.3 is 0 Å². The van der Waals surface area contributed by atoms with Crippen molar-refractivity contribution >= 4 is 60.4 Å². The van der Waals surface area contributed by atoms with E-state index in [1.165, 1.54) is 61.7 Å². The lowest BCUT2D eigenvalue weighted by molar-refractivity contribution is 0.628. The molecule has 310 valence electrons. The number of halogens is 1. The van der Waals surface area contributed by atoms with Gasteiger partial charge in [-0.05, 0) is 133 Å². The van der Waals surface area contributed by atoms with Gasteiger partial charge in [0, 0.05) is 33.2 Å². The van der Waals surface area contributed by atoms with Crippen molar-refractivity contribution in [2.45, 2.75) is 5.41 Å². The van der Waals surface area contributed by atoms with Crippen LogP contribution in [0.15, 0.2) is 249 Å². The number of hydrogen-bond donors (Lipinski definition) is 0.